The molecule has 0 atom stereocenters. The quantitative estimate of drug-likeness (QED) is 0.689. The molecule has 2 aromatic carbocycles. The largest absolute Gasteiger partial charge is 0.509 e. The normalized spacial score (nSPS) is 14.1. The van der Waals surface area contributed by atoms with Crippen LogP contribution in [0.3, 0.4) is 0 Å². The van der Waals surface area contributed by atoms with E-state index in [1.807, 2.05) is 35.9 Å². The Labute approximate surface area is 168 Å². The van der Waals surface area contributed by atoms with Crippen molar-refractivity contribution in [2.24, 2.45) is 7.05 Å². The van der Waals surface area contributed by atoms with Gasteiger partial charge in [-0.05, 0) is 24.3 Å². The Morgan fingerprint density at radius 1 is 1.00 bits per heavy atom. The lowest BCUT2D eigenvalue weighted by molar-refractivity contribution is 0.355. The van der Waals surface area contributed by atoms with Crippen LogP contribution in [0.4, 0.5) is 5.69 Å². The number of aromatic nitrogens is 2. The first-order chi connectivity index (χ1) is 14.0. The predicted molar refractivity (Wildman–Crippen MR) is 111 cm³/mol. The number of aliphatic hydroxyl groups excluding tert-OH is 1. The molecule has 0 saturated carbocycles. The minimum absolute atomic E-state index is 0.0927. The van der Waals surface area contributed by atoms with Gasteiger partial charge in [0.2, 0.25) is 0 Å². The molecule has 1 aromatic heterocycles. The maximum Gasteiger partial charge on any atom is 0.162 e. The van der Waals surface area contributed by atoms with Gasteiger partial charge in [-0.1, -0.05) is 0 Å². The lowest BCUT2D eigenvalue weighted by Gasteiger charge is -2.20. The molecular weight excluding hydrogens is 372 g/mol. The molecule has 1 aliphatic rings. The number of anilines is 1. The molecule has 0 amide bonds. The maximum absolute atomic E-state index is 10.7. The Bertz CT molecular complexity index is 1150. The van der Waals surface area contributed by atoms with E-state index in [1.54, 1.807) is 38.4 Å². The summed E-state index contributed by atoms with van der Waals surface area (Å²) >= 11 is 0. The van der Waals surface area contributed by atoms with Crippen molar-refractivity contribution < 1.29 is 19.3 Å². The topological polar surface area (TPSA) is 92.8 Å². The number of amidine groups is 1. The summed E-state index contributed by atoms with van der Waals surface area (Å²) in [5.74, 6) is 2.65. The van der Waals surface area contributed by atoms with Crippen LogP contribution in [-0.2, 0) is 7.05 Å². The number of benzene rings is 2. The first-order valence-corrected chi connectivity index (χ1v) is 9.00. The molecule has 0 spiro atoms. The lowest BCUT2D eigenvalue weighted by Crippen LogP contribution is -2.26. The molecule has 0 fully saturated rings. The van der Waals surface area contributed by atoms with Crippen LogP contribution in [0.1, 0.15) is 5.82 Å². The fourth-order valence-corrected chi connectivity index (χ4v) is 3.56. The van der Waals surface area contributed by atoms with Crippen LogP contribution in [-0.4, -0.2) is 48.4 Å². The van der Waals surface area contributed by atoms with Gasteiger partial charge in [-0.15, -0.1) is 0 Å². The molecule has 2 N–H and O–H groups in total. The third kappa shape index (κ3) is 2.93. The zero-order valence-corrected chi connectivity index (χ0v) is 16.7. The molecule has 0 unspecified atom stereocenters. The monoisotopic (exact) mass is 394 g/mol. The van der Waals surface area contributed by atoms with Crippen LogP contribution in [0, 0.1) is 5.41 Å². The Balaban J connectivity index is 1.74. The van der Waals surface area contributed by atoms with Crippen molar-refractivity contribution in [2.75, 3.05) is 32.8 Å². The number of hydrogen-bond donors (Lipinski definition) is 2. The third-order valence-electron chi connectivity index (χ3n) is 5.09. The first kappa shape index (κ1) is 18.7. The zero-order valence-electron chi connectivity index (χ0n) is 16.7. The molecule has 8 heteroatoms. The Kier molecular flexibility index (Phi) is 4.54. The van der Waals surface area contributed by atoms with Gasteiger partial charge < -0.3 is 28.8 Å². The minimum atomic E-state index is 0.0927. The van der Waals surface area contributed by atoms with Crippen LogP contribution in [0.15, 0.2) is 42.2 Å². The van der Waals surface area contributed by atoms with Crippen molar-refractivity contribution >= 4 is 28.1 Å². The van der Waals surface area contributed by atoms with Gasteiger partial charge in [0.15, 0.2) is 11.5 Å². The zero-order chi connectivity index (χ0) is 20.7. The van der Waals surface area contributed by atoms with Gasteiger partial charge in [-0.3, -0.25) is 5.41 Å². The highest BCUT2D eigenvalue weighted by Crippen LogP contribution is 2.36. The summed E-state index contributed by atoms with van der Waals surface area (Å²) in [4.78, 5) is 6.35. The predicted octanol–water partition coefficient (Wildman–Crippen LogP) is 3.37. The number of aliphatic hydroxyl groups is 1. The van der Waals surface area contributed by atoms with Crippen molar-refractivity contribution in [3.63, 3.8) is 0 Å². The van der Waals surface area contributed by atoms with Gasteiger partial charge in [0, 0.05) is 24.9 Å². The lowest BCUT2D eigenvalue weighted by atomic mass is 10.2. The summed E-state index contributed by atoms with van der Waals surface area (Å²) in [5.41, 5.74) is 2.74. The van der Waals surface area contributed by atoms with Gasteiger partial charge in [0.05, 0.1) is 44.5 Å². The Morgan fingerprint density at radius 3 is 2.45 bits per heavy atom. The summed E-state index contributed by atoms with van der Waals surface area (Å²) in [5, 5.41) is 19.4. The maximum atomic E-state index is 10.7. The Morgan fingerprint density at radius 2 is 1.76 bits per heavy atom. The second-order valence-corrected chi connectivity index (χ2v) is 6.64. The van der Waals surface area contributed by atoms with Gasteiger partial charge in [0.25, 0.3) is 0 Å². The molecule has 4 rings (SSSR count). The second kappa shape index (κ2) is 7.05. The van der Waals surface area contributed by atoms with Crippen LogP contribution >= 0.6 is 0 Å². The molecule has 0 saturated heterocycles. The van der Waals surface area contributed by atoms with Crippen LogP contribution < -0.4 is 19.1 Å². The van der Waals surface area contributed by atoms with Crippen molar-refractivity contribution in [3.8, 4) is 17.2 Å². The summed E-state index contributed by atoms with van der Waals surface area (Å²) in [6, 6.07) is 11.0. The van der Waals surface area contributed by atoms with Crippen molar-refractivity contribution in [2.45, 2.75) is 0 Å². The smallest absolute Gasteiger partial charge is 0.162 e. The second-order valence-electron chi connectivity index (χ2n) is 6.64. The van der Waals surface area contributed by atoms with Gasteiger partial charge in [-0.2, -0.15) is 0 Å². The van der Waals surface area contributed by atoms with E-state index in [0.717, 1.165) is 16.7 Å². The summed E-state index contributed by atoms with van der Waals surface area (Å²) < 4.78 is 17.8. The molecule has 0 bridgehead atoms. The molecule has 0 aliphatic carbocycles. The van der Waals surface area contributed by atoms with E-state index in [-0.39, 0.29) is 18.1 Å². The molecule has 1 aliphatic heterocycles. The molecule has 0 radical (unpaired) electrons. The van der Waals surface area contributed by atoms with Crippen LogP contribution in [0.25, 0.3) is 16.6 Å². The van der Waals surface area contributed by atoms with E-state index in [0.29, 0.717) is 28.6 Å². The van der Waals surface area contributed by atoms with Gasteiger partial charge in [-0.25, -0.2) is 4.98 Å². The molecular formula is C21H22N4O4. The van der Waals surface area contributed by atoms with Gasteiger partial charge >= 0.3 is 0 Å². The van der Waals surface area contributed by atoms with Gasteiger partial charge in [0.1, 0.15) is 23.2 Å². The fourth-order valence-electron chi connectivity index (χ4n) is 3.56. The fraction of sp³-hybridized carbons (Fsp3) is 0.238. The van der Waals surface area contributed by atoms with E-state index in [9.17, 15) is 5.11 Å². The Hall–Kier alpha value is -3.68. The van der Waals surface area contributed by atoms with Crippen LogP contribution in [0.2, 0.25) is 0 Å². The van der Waals surface area contributed by atoms with E-state index < -0.39 is 0 Å². The molecule has 150 valence electrons. The number of nitrogens with zero attached hydrogens (tertiary/aromatic N) is 3. The summed E-state index contributed by atoms with van der Waals surface area (Å²) in [7, 11) is 6.60. The highest BCUT2D eigenvalue weighted by atomic mass is 16.5. The summed E-state index contributed by atoms with van der Waals surface area (Å²) in [6.45, 7) is 0.177. The molecule has 29 heavy (non-hydrogen) atoms. The van der Waals surface area contributed by atoms with Crippen molar-refractivity contribution in [3.05, 3.63) is 48.0 Å². The van der Waals surface area contributed by atoms with E-state index in [4.69, 9.17) is 19.6 Å². The van der Waals surface area contributed by atoms with Crippen molar-refractivity contribution in [1.82, 2.24) is 9.55 Å². The number of ether oxygens (including phenoxy) is 3. The number of rotatable bonds is 5. The highest BCUT2D eigenvalue weighted by Gasteiger charge is 2.32. The number of imidazole rings is 1. The third-order valence-corrected chi connectivity index (χ3v) is 5.09. The standard InChI is InChI=1S/C21H22N4O4/c1-24-15-7-6-13(27-2)10-14(15)23-21(24)19-16(26)11-25(20(19)22)12-5-8-17(28-3)18(9-12)29-4/h5-10,22,26H,11H2,1-4H3. The van der Waals surface area contributed by atoms with E-state index >= 15 is 0 Å². The molecule has 2 heterocycles. The number of aryl methyl sites for hydroxylation is 1. The van der Waals surface area contributed by atoms with E-state index in [2.05, 4.69) is 4.98 Å². The molecule has 3 aromatic rings. The van der Waals surface area contributed by atoms with Crippen molar-refractivity contribution in [1.29, 1.82) is 5.41 Å². The number of fused-ring (bicyclic) bond motifs is 1. The van der Waals surface area contributed by atoms with E-state index in [1.165, 1.54) is 0 Å². The number of hydrogen-bond acceptors (Lipinski definition) is 6. The molecule has 8 nitrogen and oxygen atoms in total. The average Bonchev–Trinajstić information content (AvgIpc) is 3.22. The number of methoxy groups -OCH3 is 3. The summed E-state index contributed by atoms with van der Waals surface area (Å²) in [6.07, 6.45) is 0. The minimum Gasteiger partial charge on any atom is -0.509 e. The first-order valence-electron chi connectivity index (χ1n) is 9.00. The highest BCUT2D eigenvalue weighted by molar-refractivity contribution is 6.30. The number of nitrogens with one attached hydrogen (secondary N) is 1. The SMILES string of the molecule is COc1ccc2c(c1)nc(C1=C(O)CN(c3ccc(OC)c(OC)c3)C1=N)n2C. The average molecular weight is 394 g/mol. The van der Waals surface area contributed by atoms with Crippen LogP contribution in [0.5, 0.6) is 17.2 Å².